The number of nitrogens with zero attached hydrogens (tertiary/aromatic N) is 2. The highest BCUT2D eigenvalue weighted by atomic mass is 16.5. The van der Waals surface area contributed by atoms with E-state index in [0.717, 1.165) is 12.2 Å². The van der Waals surface area contributed by atoms with Crippen molar-refractivity contribution in [1.29, 1.82) is 5.26 Å². The predicted molar refractivity (Wildman–Crippen MR) is 66.6 cm³/mol. The van der Waals surface area contributed by atoms with Crippen LogP contribution < -0.4 is 10.6 Å². The molecule has 6 heteroatoms. The maximum absolute atomic E-state index is 11.5. The lowest BCUT2D eigenvalue weighted by Gasteiger charge is -2.09. The van der Waals surface area contributed by atoms with E-state index >= 15 is 0 Å². The zero-order valence-corrected chi connectivity index (χ0v) is 10.5. The lowest BCUT2D eigenvalue weighted by Crippen LogP contribution is -2.29. The van der Waals surface area contributed by atoms with Crippen LogP contribution in [0.2, 0.25) is 0 Å². The van der Waals surface area contributed by atoms with Gasteiger partial charge in [0.25, 0.3) is 0 Å². The second kappa shape index (κ2) is 8.28. The van der Waals surface area contributed by atoms with E-state index in [4.69, 9.17) is 10.00 Å². The number of hydrogen-bond acceptors (Lipinski definition) is 4. The molecule has 0 saturated heterocycles. The number of hydrogen-bond donors (Lipinski definition) is 2. The van der Waals surface area contributed by atoms with Crippen LogP contribution in [0.5, 0.6) is 0 Å². The molecule has 0 aromatic carbocycles. The number of ether oxygens (including phenoxy) is 1. The number of methoxy groups -OCH3 is 1. The fourth-order valence-corrected chi connectivity index (χ4v) is 1.50. The molecule has 0 atom stereocenters. The van der Waals surface area contributed by atoms with Gasteiger partial charge in [0.05, 0.1) is 12.7 Å². The van der Waals surface area contributed by atoms with Crippen LogP contribution in [0.1, 0.15) is 5.69 Å². The molecular weight excluding hydrogens is 232 g/mol. The van der Waals surface area contributed by atoms with Crippen LogP contribution >= 0.6 is 0 Å². The highest BCUT2D eigenvalue weighted by Crippen LogP contribution is 2.01. The van der Waals surface area contributed by atoms with Gasteiger partial charge in [0, 0.05) is 32.1 Å². The quantitative estimate of drug-likeness (QED) is 0.497. The molecule has 0 unspecified atom stereocenters. The minimum absolute atomic E-state index is 0.0432. The standard InChI is InChI=1S/C12H18N4O2/c1-18-8-6-14-9-11-3-2-7-16(11)10-12(17)15-5-4-13/h2-3,7,14H,5-6,8-10H2,1H3,(H,15,17). The predicted octanol–water partition coefficient (Wildman–Crippen LogP) is -0.136. The largest absolute Gasteiger partial charge is 0.383 e. The maximum Gasteiger partial charge on any atom is 0.240 e. The van der Waals surface area contributed by atoms with Gasteiger partial charge in [-0.05, 0) is 12.1 Å². The van der Waals surface area contributed by atoms with Crippen LogP contribution in [0.25, 0.3) is 0 Å². The van der Waals surface area contributed by atoms with Gasteiger partial charge in [0.15, 0.2) is 0 Å². The molecule has 0 saturated carbocycles. The Balaban J connectivity index is 2.39. The van der Waals surface area contributed by atoms with Gasteiger partial charge in [0.2, 0.25) is 5.91 Å². The summed E-state index contributed by atoms with van der Waals surface area (Å²) in [4.78, 5) is 11.5. The third kappa shape index (κ3) is 4.99. The lowest BCUT2D eigenvalue weighted by molar-refractivity contribution is -0.121. The number of aromatic nitrogens is 1. The van der Waals surface area contributed by atoms with E-state index in [1.54, 1.807) is 7.11 Å². The summed E-state index contributed by atoms with van der Waals surface area (Å²) in [5, 5.41) is 14.1. The Kier molecular flexibility index (Phi) is 6.54. The van der Waals surface area contributed by atoms with Crippen molar-refractivity contribution in [2.75, 3.05) is 26.8 Å². The number of nitriles is 1. The molecule has 1 amide bonds. The van der Waals surface area contributed by atoms with E-state index in [2.05, 4.69) is 10.6 Å². The average Bonchev–Trinajstić information content (AvgIpc) is 2.79. The van der Waals surface area contributed by atoms with Gasteiger partial charge in [0.1, 0.15) is 13.1 Å². The van der Waals surface area contributed by atoms with Crippen LogP contribution in [-0.4, -0.2) is 37.3 Å². The lowest BCUT2D eigenvalue weighted by atomic mass is 10.4. The normalized spacial score (nSPS) is 10.0. The number of rotatable bonds is 8. The van der Waals surface area contributed by atoms with Crippen molar-refractivity contribution in [2.45, 2.75) is 13.1 Å². The molecule has 1 aromatic heterocycles. The highest BCUT2D eigenvalue weighted by Gasteiger charge is 2.05. The highest BCUT2D eigenvalue weighted by molar-refractivity contribution is 5.76. The summed E-state index contributed by atoms with van der Waals surface area (Å²) in [5.41, 5.74) is 1.03. The Morgan fingerprint density at radius 2 is 2.44 bits per heavy atom. The number of amides is 1. The zero-order valence-electron chi connectivity index (χ0n) is 10.5. The third-order valence-electron chi connectivity index (χ3n) is 2.39. The van der Waals surface area contributed by atoms with Gasteiger partial charge in [-0.25, -0.2) is 0 Å². The molecule has 2 N–H and O–H groups in total. The Morgan fingerprint density at radius 1 is 1.61 bits per heavy atom. The third-order valence-corrected chi connectivity index (χ3v) is 2.39. The zero-order chi connectivity index (χ0) is 13.2. The Hall–Kier alpha value is -1.84. The van der Waals surface area contributed by atoms with Crippen LogP contribution in [0.15, 0.2) is 18.3 Å². The van der Waals surface area contributed by atoms with E-state index in [-0.39, 0.29) is 19.0 Å². The van der Waals surface area contributed by atoms with Crippen LogP contribution in [0.4, 0.5) is 0 Å². The molecule has 0 radical (unpaired) electrons. The molecule has 18 heavy (non-hydrogen) atoms. The molecule has 0 bridgehead atoms. The van der Waals surface area contributed by atoms with Crippen molar-refractivity contribution >= 4 is 5.91 Å². The van der Waals surface area contributed by atoms with Crippen molar-refractivity contribution in [3.8, 4) is 6.07 Å². The van der Waals surface area contributed by atoms with Gasteiger partial charge in [-0.2, -0.15) is 5.26 Å². The van der Waals surface area contributed by atoms with Crippen molar-refractivity contribution in [3.05, 3.63) is 24.0 Å². The van der Waals surface area contributed by atoms with Gasteiger partial charge in [-0.3, -0.25) is 4.79 Å². The Labute approximate surface area is 107 Å². The van der Waals surface area contributed by atoms with Crippen LogP contribution in [0.3, 0.4) is 0 Å². The summed E-state index contributed by atoms with van der Waals surface area (Å²) in [5.74, 6) is -0.161. The van der Waals surface area contributed by atoms with E-state index in [9.17, 15) is 4.79 Å². The van der Waals surface area contributed by atoms with Gasteiger partial charge < -0.3 is 19.9 Å². The maximum atomic E-state index is 11.5. The van der Waals surface area contributed by atoms with Crippen LogP contribution in [-0.2, 0) is 22.6 Å². The SMILES string of the molecule is COCCNCc1cccn1CC(=O)NCC#N. The molecule has 98 valence electrons. The topological polar surface area (TPSA) is 79.1 Å². The fraction of sp³-hybridized carbons (Fsp3) is 0.500. The molecule has 6 nitrogen and oxygen atoms in total. The Morgan fingerprint density at radius 3 is 3.17 bits per heavy atom. The molecular formula is C12H18N4O2. The van der Waals surface area contributed by atoms with E-state index in [1.807, 2.05) is 29.0 Å². The number of nitrogens with one attached hydrogen (secondary N) is 2. The van der Waals surface area contributed by atoms with Crippen LogP contribution in [0, 0.1) is 11.3 Å². The van der Waals surface area contributed by atoms with E-state index in [1.165, 1.54) is 0 Å². The first kappa shape index (κ1) is 14.2. The smallest absolute Gasteiger partial charge is 0.240 e. The van der Waals surface area contributed by atoms with Crippen molar-refractivity contribution in [2.24, 2.45) is 0 Å². The molecule has 0 aliphatic rings. The minimum atomic E-state index is -0.161. The van der Waals surface area contributed by atoms with Gasteiger partial charge in [-0.15, -0.1) is 0 Å². The summed E-state index contributed by atoms with van der Waals surface area (Å²) < 4.78 is 6.79. The first-order chi connectivity index (χ1) is 8.77. The number of carbonyl (C=O) groups is 1. The molecule has 1 heterocycles. The molecule has 0 spiro atoms. The van der Waals surface area contributed by atoms with Gasteiger partial charge >= 0.3 is 0 Å². The minimum Gasteiger partial charge on any atom is -0.383 e. The molecule has 1 rings (SSSR count). The molecule has 1 aromatic rings. The van der Waals surface area contributed by atoms with E-state index in [0.29, 0.717) is 13.2 Å². The summed E-state index contributed by atoms with van der Waals surface area (Å²) in [6, 6.07) is 5.72. The molecule has 0 aliphatic heterocycles. The monoisotopic (exact) mass is 250 g/mol. The molecule has 0 aliphatic carbocycles. The fourth-order valence-electron chi connectivity index (χ4n) is 1.50. The summed E-state index contributed by atoms with van der Waals surface area (Å²) in [6.45, 7) is 2.38. The van der Waals surface area contributed by atoms with Crippen molar-refractivity contribution in [3.63, 3.8) is 0 Å². The van der Waals surface area contributed by atoms with Crippen molar-refractivity contribution in [1.82, 2.24) is 15.2 Å². The first-order valence-corrected chi connectivity index (χ1v) is 5.75. The molecule has 0 fully saturated rings. The van der Waals surface area contributed by atoms with E-state index < -0.39 is 0 Å². The first-order valence-electron chi connectivity index (χ1n) is 5.75. The summed E-state index contributed by atoms with van der Waals surface area (Å²) >= 11 is 0. The average molecular weight is 250 g/mol. The summed E-state index contributed by atoms with van der Waals surface area (Å²) in [6.07, 6.45) is 1.85. The summed E-state index contributed by atoms with van der Waals surface area (Å²) in [7, 11) is 1.66. The second-order valence-electron chi connectivity index (χ2n) is 3.73. The Bertz CT molecular complexity index is 408. The second-order valence-corrected chi connectivity index (χ2v) is 3.73. The number of carbonyl (C=O) groups excluding carboxylic acids is 1. The van der Waals surface area contributed by atoms with Gasteiger partial charge in [-0.1, -0.05) is 0 Å². The van der Waals surface area contributed by atoms with Crippen molar-refractivity contribution < 1.29 is 9.53 Å².